The van der Waals surface area contributed by atoms with E-state index in [1.54, 1.807) is 24.3 Å². The van der Waals surface area contributed by atoms with Crippen molar-refractivity contribution in [3.63, 3.8) is 0 Å². The maximum atomic E-state index is 13.9. The van der Waals surface area contributed by atoms with Crippen molar-refractivity contribution in [1.29, 1.82) is 0 Å². The summed E-state index contributed by atoms with van der Waals surface area (Å²) in [5.74, 6) is 0.842. The van der Waals surface area contributed by atoms with E-state index in [0.717, 1.165) is 43.6 Å². The zero-order valence-corrected chi connectivity index (χ0v) is 28.0. The van der Waals surface area contributed by atoms with E-state index in [2.05, 4.69) is 4.90 Å². The Hall–Kier alpha value is -3.17. The van der Waals surface area contributed by atoms with E-state index in [0.29, 0.717) is 63.8 Å². The molecule has 2 saturated heterocycles. The predicted octanol–water partition coefficient (Wildman–Crippen LogP) is 6.37. The van der Waals surface area contributed by atoms with Crippen LogP contribution in [0.4, 0.5) is 0 Å². The number of primary amides is 1. The lowest BCUT2D eigenvalue weighted by atomic mass is 9.71. The number of benzene rings is 3. The highest BCUT2D eigenvalue weighted by Crippen LogP contribution is 2.43. The van der Waals surface area contributed by atoms with Gasteiger partial charge in [0.2, 0.25) is 11.7 Å². The Labute approximate surface area is 279 Å². The molecule has 1 atom stereocenters. The number of halogens is 3. The van der Waals surface area contributed by atoms with Crippen molar-refractivity contribution in [3.8, 4) is 17.2 Å². The fourth-order valence-electron chi connectivity index (χ4n) is 6.82. The van der Waals surface area contributed by atoms with Crippen molar-refractivity contribution < 1.29 is 23.8 Å². The van der Waals surface area contributed by atoms with E-state index < -0.39 is 5.41 Å². The largest absolute Gasteiger partial charge is 0.493 e. The second-order valence-corrected chi connectivity index (χ2v) is 13.1. The Morgan fingerprint density at radius 3 is 1.98 bits per heavy atom. The highest BCUT2D eigenvalue weighted by molar-refractivity contribution is 6.42. The quantitative estimate of drug-likeness (QED) is 0.269. The van der Waals surface area contributed by atoms with Gasteiger partial charge >= 0.3 is 0 Å². The van der Waals surface area contributed by atoms with Gasteiger partial charge in [-0.1, -0.05) is 53.0 Å². The number of methoxy groups -OCH3 is 3. The lowest BCUT2D eigenvalue weighted by Crippen LogP contribution is -2.50. The molecule has 8 nitrogen and oxygen atoms in total. The number of amides is 2. The van der Waals surface area contributed by atoms with E-state index in [1.807, 2.05) is 35.2 Å². The van der Waals surface area contributed by atoms with Crippen molar-refractivity contribution in [3.05, 3.63) is 86.4 Å². The van der Waals surface area contributed by atoms with Crippen LogP contribution in [0.3, 0.4) is 0 Å². The summed E-state index contributed by atoms with van der Waals surface area (Å²) in [5.41, 5.74) is 7.32. The first-order valence-corrected chi connectivity index (χ1v) is 16.0. The van der Waals surface area contributed by atoms with Gasteiger partial charge in [-0.3, -0.25) is 9.59 Å². The summed E-state index contributed by atoms with van der Waals surface area (Å²) in [6.07, 6.45) is 2.78. The van der Waals surface area contributed by atoms with E-state index in [9.17, 15) is 9.59 Å². The average molecular weight is 675 g/mol. The van der Waals surface area contributed by atoms with Gasteiger partial charge in [-0.25, -0.2) is 0 Å². The Kier molecular flexibility index (Phi) is 10.1. The standard InChI is InChI=1S/C34H38Cl3N3O5/c1-43-28-18-22(19-29(44-2)30(28)45-3)31(41)40-17-11-33(21-40,24-6-9-26(36)27(37)20-24)10-14-39-15-12-34(13-16-39,32(38)42)23-4-7-25(35)8-5-23/h4-9,18-20H,10-17,21H2,1-3H3,(H2,38,42). The van der Waals surface area contributed by atoms with Crippen LogP contribution in [0, 0.1) is 0 Å². The Bertz CT molecular complexity index is 1530. The van der Waals surface area contributed by atoms with Gasteiger partial charge in [-0.15, -0.1) is 0 Å². The smallest absolute Gasteiger partial charge is 0.254 e. The lowest BCUT2D eigenvalue weighted by Gasteiger charge is -2.41. The topological polar surface area (TPSA) is 94.3 Å². The summed E-state index contributed by atoms with van der Waals surface area (Å²) in [6.45, 7) is 3.29. The Morgan fingerprint density at radius 1 is 0.800 bits per heavy atom. The van der Waals surface area contributed by atoms with Gasteiger partial charge in [-0.2, -0.15) is 0 Å². The molecule has 2 fully saturated rings. The number of carbonyl (C=O) groups excluding carboxylic acids is 2. The minimum Gasteiger partial charge on any atom is -0.493 e. The van der Waals surface area contributed by atoms with Crippen LogP contribution in [0.1, 0.15) is 47.2 Å². The number of piperidine rings is 1. The molecule has 0 bridgehead atoms. The number of ether oxygens (including phenoxy) is 3. The fourth-order valence-corrected chi connectivity index (χ4v) is 7.24. The van der Waals surface area contributed by atoms with Gasteiger partial charge in [0.15, 0.2) is 11.5 Å². The van der Waals surface area contributed by atoms with E-state index in [4.69, 9.17) is 54.7 Å². The molecule has 0 spiro atoms. The second-order valence-electron chi connectivity index (χ2n) is 11.8. The number of carbonyl (C=O) groups is 2. The highest BCUT2D eigenvalue weighted by Gasteiger charge is 2.44. The van der Waals surface area contributed by atoms with Crippen LogP contribution in [-0.2, 0) is 15.6 Å². The first-order chi connectivity index (χ1) is 21.6. The molecular formula is C34H38Cl3N3O5. The first kappa shape index (κ1) is 33.2. The molecule has 45 heavy (non-hydrogen) atoms. The minimum absolute atomic E-state index is 0.122. The maximum Gasteiger partial charge on any atom is 0.254 e. The molecule has 2 amide bonds. The number of likely N-dealkylation sites (tertiary alicyclic amines) is 2. The minimum atomic E-state index is -0.723. The van der Waals surface area contributed by atoms with Crippen LogP contribution >= 0.6 is 34.8 Å². The third-order valence-electron chi connectivity index (χ3n) is 9.57. The van der Waals surface area contributed by atoms with Crippen molar-refractivity contribution in [2.45, 2.75) is 36.5 Å². The van der Waals surface area contributed by atoms with Crippen LogP contribution in [-0.4, -0.2) is 75.7 Å². The van der Waals surface area contributed by atoms with Crippen LogP contribution in [0.15, 0.2) is 54.6 Å². The molecule has 240 valence electrons. The number of hydrogen-bond donors (Lipinski definition) is 1. The maximum absolute atomic E-state index is 13.9. The SMILES string of the molecule is COc1cc(C(=O)N2CCC(CCN3CCC(C(N)=O)(c4ccc(Cl)cc4)CC3)(c3ccc(Cl)c(Cl)c3)C2)cc(OC)c1OC. The summed E-state index contributed by atoms with van der Waals surface area (Å²) in [5, 5.41) is 1.59. The molecule has 3 aromatic rings. The fraction of sp³-hybridized carbons (Fsp3) is 0.412. The molecule has 2 aliphatic rings. The Morgan fingerprint density at radius 2 is 1.42 bits per heavy atom. The third kappa shape index (κ3) is 6.57. The first-order valence-electron chi connectivity index (χ1n) is 14.9. The van der Waals surface area contributed by atoms with E-state index >= 15 is 0 Å². The van der Waals surface area contributed by atoms with Crippen LogP contribution < -0.4 is 19.9 Å². The normalized spacial score (nSPS) is 19.7. The molecule has 5 rings (SSSR count). The zero-order valence-electron chi connectivity index (χ0n) is 25.7. The molecule has 11 heteroatoms. The summed E-state index contributed by atoms with van der Waals surface area (Å²) >= 11 is 18.9. The van der Waals surface area contributed by atoms with Gasteiger partial charge in [0, 0.05) is 29.1 Å². The van der Waals surface area contributed by atoms with Gasteiger partial charge < -0.3 is 29.7 Å². The summed E-state index contributed by atoms with van der Waals surface area (Å²) in [6, 6.07) is 16.5. The molecule has 0 aromatic heterocycles. The summed E-state index contributed by atoms with van der Waals surface area (Å²) in [4.78, 5) is 30.9. The third-order valence-corrected chi connectivity index (χ3v) is 10.6. The number of hydrogen-bond acceptors (Lipinski definition) is 6. The lowest BCUT2D eigenvalue weighted by molar-refractivity contribution is -0.125. The molecule has 2 N–H and O–H groups in total. The van der Waals surface area contributed by atoms with Crippen LogP contribution in [0.2, 0.25) is 15.1 Å². The Balaban J connectivity index is 1.36. The average Bonchev–Trinajstić information content (AvgIpc) is 3.50. The molecule has 0 saturated carbocycles. The molecular weight excluding hydrogens is 637 g/mol. The van der Waals surface area contributed by atoms with E-state index in [-0.39, 0.29) is 17.2 Å². The van der Waals surface area contributed by atoms with Gasteiger partial charge in [0.1, 0.15) is 0 Å². The van der Waals surface area contributed by atoms with E-state index in [1.165, 1.54) is 21.3 Å². The van der Waals surface area contributed by atoms with Gasteiger partial charge in [-0.05, 0) is 92.8 Å². The van der Waals surface area contributed by atoms with Gasteiger partial charge in [0.25, 0.3) is 5.91 Å². The van der Waals surface area contributed by atoms with Crippen molar-refractivity contribution in [1.82, 2.24) is 9.80 Å². The van der Waals surface area contributed by atoms with Crippen LogP contribution in [0.25, 0.3) is 0 Å². The van der Waals surface area contributed by atoms with Crippen molar-refractivity contribution in [2.75, 3.05) is 54.1 Å². The highest BCUT2D eigenvalue weighted by atomic mass is 35.5. The molecule has 2 heterocycles. The number of rotatable bonds is 10. The second kappa shape index (κ2) is 13.7. The molecule has 2 aliphatic heterocycles. The summed E-state index contributed by atoms with van der Waals surface area (Å²) < 4.78 is 16.4. The zero-order chi connectivity index (χ0) is 32.4. The van der Waals surface area contributed by atoms with Gasteiger partial charge in [0.05, 0.1) is 36.8 Å². The predicted molar refractivity (Wildman–Crippen MR) is 177 cm³/mol. The molecule has 0 radical (unpaired) electrons. The van der Waals surface area contributed by atoms with Crippen molar-refractivity contribution in [2.24, 2.45) is 5.73 Å². The monoisotopic (exact) mass is 673 g/mol. The van der Waals surface area contributed by atoms with Crippen molar-refractivity contribution >= 4 is 46.6 Å². The number of nitrogens with zero attached hydrogens (tertiary/aromatic N) is 2. The molecule has 1 unspecified atom stereocenters. The van der Waals surface area contributed by atoms with Crippen LogP contribution in [0.5, 0.6) is 17.2 Å². The summed E-state index contributed by atoms with van der Waals surface area (Å²) in [7, 11) is 4.59. The molecule has 0 aliphatic carbocycles. The number of nitrogens with two attached hydrogens (primary N) is 1. The molecule has 3 aromatic carbocycles.